The van der Waals surface area contributed by atoms with Crippen LogP contribution in [-0.2, 0) is 11.2 Å². The molecule has 6 nitrogen and oxygen atoms in total. The first-order valence-electron chi connectivity index (χ1n) is 8.69. The molecule has 0 radical (unpaired) electrons. The van der Waals surface area contributed by atoms with Crippen molar-refractivity contribution in [3.8, 4) is 17.1 Å². The highest BCUT2D eigenvalue weighted by atomic mass is 35.5. The first-order chi connectivity index (χ1) is 12.6. The molecule has 7 heteroatoms. The van der Waals surface area contributed by atoms with Crippen molar-refractivity contribution < 1.29 is 23.5 Å². The van der Waals surface area contributed by atoms with Gasteiger partial charge in [0.15, 0.2) is 11.5 Å². The van der Waals surface area contributed by atoms with Gasteiger partial charge in [-0.25, -0.2) is 4.79 Å². The number of halogens is 1. The molecule has 0 spiro atoms. The maximum atomic E-state index is 11.8. The number of alkyl carbamates (subject to hydrolysis) is 1. The zero-order chi connectivity index (χ0) is 19.8. The van der Waals surface area contributed by atoms with Gasteiger partial charge in [-0.15, -0.1) is 0 Å². The van der Waals surface area contributed by atoms with Crippen molar-refractivity contribution in [1.29, 1.82) is 0 Å². The Bertz CT molecular complexity index is 881. The molecule has 0 fully saturated rings. The van der Waals surface area contributed by atoms with Crippen LogP contribution in [0.2, 0.25) is 5.02 Å². The minimum atomic E-state index is -0.552. The van der Waals surface area contributed by atoms with Gasteiger partial charge in [0.2, 0.25) is 0 Å². The number of nitrogens with one attached hydrogen (secondary N) is 1. The van der Waals surface area contributed by atoms with E-state index in [0.29, 0.717) is 35.3 Å². The van der Waals surface area contributed by atoms with E-state index in [1.807, 2.05) is 26.8 Å². The molecule has 2 aromatic rings. The first kappa shape index (κ1) is 19.3. The lowest BCUT2D eigenvalue weighted by Gasteiger charge is -2.20. The van der Waals surface area contributed by atoms with E-state index in [1.54, 1.807) is 18.2 Å². The van der Waals surface area contributed by atoms with Crippen LogP contribution in [0.4, 0.5) is 4.79 Å². The van der Waals surface area contributed by atoms with Gasteiger partial charge in [0.1, 0.15) is 23.2 Å². The molecule has 1 aliphatic heterocycles. The third-order valence-corrected chi connectivity index (χ3v) is 4.24. The molecule has 144 valence electrons. The summed E-state index contributed by atoms with van der Waals surface area (Å²) in [6.45, 7) is 7.19. The average molecular weight is 392 g/mol. The lowest BCUT2D eigenvalue weighted by atomic mass is 10.0. The molecule has 3 rings (SSSR count). The molecule has 0 aliphatic carbocycles. The molecular weight excluding hydrogens is 370 g/mol. The highest BCUT2D eigenvalue weighted by Gasteiger charge is 2.27. The van der Waals surface area contributed by atoms with Crippen molar-refractivity contribution in [2.24, 2.45) is 0 Å². The van der Waals surface area contributed by atoms with E-state index in [4.69, 9.17) is 25.5 Å². The van der Waals surface area contributed by atoms with E-state index >= 15 is 0 Å². The van der Waals surface area contributed by atoms with Crippen LogP contribution in [0.3, 0.4) is 0 Å². The number of ketones is 1. The Balaban J connectivity index is 1.69. The smallest absolute Gasteiger partial charge is 0.407 e. The molecular formula is C20H22ClNO5. The third-order valence-electron chi connectivity index (χ3n) is 3.96. The summed E-state index contributed by atoms with van der Waals surface area (Å²) >= 11 is 6.36. The van der Waals surface area contributed by atoms with Crippen LogP contribution in [0.25, 0.3) is 11.3 Å². The Hall–Kier alpha value is -2.47. The fourth-order valence-corrected chi connectivity index (χ4v) is 3.12. The highest BCUT2D eigenvalue weighted by Crippen LogP contribution is 2.39. The number of hydrogen-bond donors (Lipinski definition) is 1. The molecule has 1 aliphatic rings. The van der Waals surface area contributed by atoms with Crippen molar-refractivity contribution in [2.45, 2.75) is 45.8 Å². The van der Waals surface area contributed by atoms with Crippen LogP contribution in [-0.4, -0.2) is 30.1 Å². The number of ether oxygens (including phenoxy) is 2. The fourth-order valence-electron chi connectivity index (χ4n) is 2.84. The van der Waals surface area contributed by atoms with E-state index in [2.05, 4.69) is 5.32 Å². The van der Waals surface area contributed by atoms with Gasteiger partial charge >= 0.3 is 6.09 Å². The summed E-state index contributed by atoms with van der Waals surface area (Å²) in [7, 11) is 0. The van der Waals surface area contributed by atoms with E-state index < -0.39 is 11.7 Å². The van der Waals surface area contributed by atoms with Crippen LogP contribution in [0, 0.1) is 0 Å². The van der Waals surface area contributed by atoms with Gasteiger partial charge in [0, 0.05) is 24.5 Å². The second kappa shape index (κ2) is 7.27. The Morgan fingerprint density at radius 2 is 2.04 bits per heavy atom. The zero-order valence-corrected chi connectivity index (χ0v) is 16.5. The molecule has 1 amide bonds. The monoisotopic (exact) mass is 391 g/mol. The SMILES string of the molecule is CC(=O)c1ccc(-c2cc(Cl)c3c(c2)CC(CNC(=O)OC(C)(C)C)O3)o1. The summed E-state index contributed by atoms with van der Waals surface area (Å²) in [5.74, 6) is 1.34. The van der Waals surface area contributed by atoms with Crippen LogP contribution < -0.4 is 10.1 Å². The van der Waals surface area contributed by atoms with Crippen LogP contribution in [0.5, 0.6) is 5.75 Å². The molecule has 1 aromatic carbocycles. The number of furan rings is 1. The minimum Gasteiger partial charge on any atom is -0.486 e. The van der Waals surface area contributed by atoms with E-state index in [0.717, 1.165) is 11.1 Å². The molecule has 1 aromatic heterocycles. The van der Waals surface area contributed by atoms with E-state index in [9.17, 15) is 9.59 Å². The topological polar surface area (TPSA) is 77.8 Å². The Morgan fingerprint density at radius 3 is 2.67 bits per heavy atom. The summed E-state index contributed by atoms with van der Waals surface area (Å²) in [4.78, 5) is 23.2. The van der Waals surface area contributed by atoms with E-state index in [1.165, 1.54) is 6.92 Å². The van der Waals surface area contributed by atoms with E-state index in [-0.39, 0.29) is 11.9 Å². The fraction of sp³-hybridized carbons (Fsp3) is 0.400. The number of Topliss-reactive ketones (excluding diaryl/α,β-unsaturated/α-hetero) is 1. The van der Waals surface area contributed by atoms with Crippen molar-refractivity contribution in [3.05, 3.63) is 40.6 Å². The highest BCUT2D eigenvalue weighted by molar-refractivity contribution is 6.32. The Labute approximate surface area is 162 Å². The summed E-state index contributed by atoms with van der Waals surface area (Å²) in [6.07, 6.45) is -0.121. The zero-order valence-electron chi connectivity index (χ0n) is 15.7. The summed E-state index contributed by atoms with van der Waals surface area (Å²) in [5, 5.41) is 3.17. The number of fused-ring (bicyclic) bond motifs is 1. The van der Waals surface area contributed by atoms with Gasteiger partial charge < -0.3 is 19.2 Å². The van der Waals surface area contributed by atoms with Crippen molar-refractivity contribution in [1.82, 2.24) is 5.32 Å². The summed E-state index contributed by atoms with van der Waals surface area (Å²) < 4.78 is 16.7. The first-order valence-corrected chi connectivity index (χ1v) is 9.07. The minimum absolute atomic E-state index is 0.134. The number of rotatable bonds is 4. The second-order valence-electron chi connectivity index (χ2n) is 7.49. The number of carbonyl (C=O) groups excluding carboxylic acids is 2. The molecule has 0 saturated heterocycles. The molecule has 0 saturated carbocycles. The number of amides is 1. The van der Waals surface area contributed by atoms with Gasteiger partial charge in [-0.05, 0) is 45.0 Å². The van der Waals surface area contributed by atoms with Gasteiger partial charge in [-0.1, -0.05) is 11.6 Å². The van der Waals surface area contributed by atoms with Crippen molar-refractivity contribution >= 4 is 23.5 Å². The number of hydrogen-bond acceptors (Lipinski definition) is 5. The van der Waals surface area contributed by atoms with Gasteiger partial charge in [0.05, 0.1) is 11.6 Å². The van der Waals surface area contributed by atoms with Crippen molar-refractivity contribution in [3.63, 3.8) is 0 Å². The van der Waals surface area contributed by atoms with Crippen LogP contribution in [0.15, 0.2) is 28.7 Å². The lowest BCUT2D eigenvalue weighted by Crippen LogP contribution is -2.38. The largest absolute Gasteiger partial charge is 0.486 e. The van der Waals surface area contributed by atoms with Gasteiger partial charge in [0.25, 0.3) is 0 Å². The normalized spacial score (nSPS) is 15.8. The predicted molar refractivity (Wildman–Crippen MR) is 102 cm³/mol. The maximum absolute atomic E-state index is 11.8. The summed E-state index contributed by atoms with van der Waals surface area (Å²) in [5.41, 5.74) is 1.15. The predicted octanol–water partition coefficient (Wildman–Crippen LogP) is 4.63. The molecule has 27 heavy (non-hydrogen) atoms. The second-order valence-corrected chi connectivity index (χ2v) is 7.90. The maximum Gasteiger partial charge on any atom is 0.407 e. The molecule has 2 heterocycles. The standard InChI is InChI=1S/C20H22ClNO5/c1-11(23)16-5-6-17(26-16)12-7-13-8-14(25-18(13)15(21)9-12)10-22-19(24)27-20(2,3)4/h5-7,9,14H,8,10H2,1-4H3,(H,22,24). The van der Waals surface area contributed by atoms with Crippen LogP contribution >= 0.6 is 11.6 Å². The molecule has 1 unspecified atom stereocenters. The number of benzene rings is 1. The lowest BCUT2D eigenvalue weighted by molar-refractivity contribution is 0.0506. The number of carbonyl (C=O) groups is 2. The van der Waals surface area contributed by atoms with Gasteiger partial charge in [-0.3, -0.25) is 4.79 Å². The average Bonchev–Trinajstić information content (AvgIpc) is 3.18. The Kier molecular flexibility index (Phi) is 5.20. The molecule has 0 bridgehead atoms. The Morgan fingerprint density at radius 1 is 1.30 bits per heavy atom. The molecule has 1 atom stereocenters. The van der Waals surface area contributed by atoms with Crippen LogP contribution in [0.1, 0.15) is 43.8 Å². The van der Waals surface area contributed by atoms with Crippen molar-refractivity contribution in [2.75, 3.05) is 6.54 Å². The third kappa shape index (κ3) is 4.63. The quantitative estimate of drug-likeness (QED) is 0.769. The molecule has 1 N–H and O–H groups in total. The van der Waals surface area contributed by atoms with Gasteiger partial charge in [-0.2, -0.15) is 0 Å². The summed E-state index contributed by atoms with van der Waals surface area (Å²) in [6, 6.07) is 7.05.